The van der Waals surface area contributed by atoms with Crippen LogP contribution in [0, 0.1) is 0 Å². The van der Waals surface area contributed by atoms with E-state index in [2.05, 4.69) is 52.2 Å². The quantitative estimate of drug-likeness (QED) is 0.426. The fourth-order valence-corrected chi connectivity index (χ4v) is 2.15. The summed E-state index contributed by atoms with van der Waals surface area (Å²) in [5.41, 5.74) is 11.6. The van der Waals surface area contributed by atoms with Gasteiger partial charge in [0.15, 0.2) is 0 Å². The van der Waals surface area contributed by atoms with Crippen LogP contribution in [0.5, 0.6) is 0 Å². The Morgan fingerprint density at radius 1 is 1.00 bits per heavy atom. The standard InChI is InChI=1S/C16H18N4/c1-2-20(12-14-7-4-3-5-8-14)13-15-9-6-10-16(11-15)18-19-17/h3-11H,2,12-13H2,1H3. The number of hydrogen-bond donors (Lipinski definition) is 0. The summed E-state index contributed by atoms with van der Waals surface area (Å²) in [7, 11) is 0. The van der Waals surface area contributed by atoms with E-state index < -0.39 is 0 Å². The maximum atomic E-state index is 8.48. The zero-order chi connectivity index (χ0) is 14.2. The van der Waals surface area contributed by atoms with Gasteiger partial charge >= 0.3 is 0 Å². The van der Waals surface area contributed by atoms with Gasteiger partial charge in [-0.15, -0.1) is 0 Å². The van der Waals surface area contributed by atoms with Crippen molar-refractivity contribution in [3.05, 3.63) is 76.2 Å². The Balaban J connectivity index is 2.06. The number of hydrogen-bond acceptors (Lipinski definition) is 2. The highest BCUT2D eigenvalue weighted by atomic mass is 15.1. The van der Waals surface area contributed by atoms with E-state index in [1.807, 2.05) is 24.3 Å². The summed E-state index contributed by atoms with van der Waals surface area (Å²) in [6.07, 6.45) is 0. The fourth-order valence-electron chi connectivity index (χ4n) is 2.15. The van der Waals surface area contributed by atoms with Crippen LogP contribution in [0.4, 0.5) is 5.69 Å². The van der Waals surface area contributed by atoms with Crippen molar-refractivity contribution in [2.24, 2.45) is 5.11 Å². The maximum Gasteiger partial charge on any atom is 0.0378 e. The van der Waals surface area contributed by atoms with Gasteiger partial charge in [0, 0.05) is 23.7 Å². The largest absolute Gasteiger partial charge is 0.295 e. The van der Waals surface area contributed by atoms with Crippen molar-refractivity contribution < 1.29 is 0 Å². The van der Waals surface area contributed by atoms with Gasteiger partial charge in [0.25, 0.3) is 0 Å². The summed E-state index contributed by atoms with van der Waals surface area (Å²) in [6, 6.07) is 18.2. The van der Waals surface area contributed by atoms with Gasteiger partial charge in [-0.3, -0.25) is 4.90 Å². The van der Waals surface area contributed by atoms with Crippen LogP contribution in [-0.2, 0) is 13.1 Å². The van der Waals surface area contributed by atoms with E-state index in [-0.39, 0.29) is 0 Å². The average molecular weight is 266 g/mol. The Labute approximate surface area is 119 Å². The summed E-state index contributed by atoms with van der Waals surface area (Å²) in [4.78, 5) is 5.18. The zero-order valence-corrected chi connectivity index (χ0v) is 11.6. The van der Waals surface area contributed by atoms with Gasteiger partial charge in [-0.1, -0.05) is 60.6 Å². The Morgan fingerprint density at radius 2 is 1.70 bits per heavy atom. The van der Waals surface area contributed by atoms with Crippen LogP contribution in [-0.4, -0.2) is 11.4 Å². The van der Waals surface area contributed by atoms with E-state index in [0.29, 0.717) is 5.69 Å². The highest BCUT2D eigenvalue weighted by Crippen LogP contribution is 2.16. The molecule has 0 fully saturated rings. The molecule has 0 amide bonds. The molecule has 0 bridgehead atoms. The third kappa shape index (κ3) is 4.12. The molecule has 2 aromatic rings. The molecular weight excluding hydrogens is 248 g/mol. The van der Waals surface area contributed by atoms with Crippen LogP contribution in [0.25, 0.3) is 10.4 Å². The molecule has 0 aliphatic heterocycles. The molecule has 20 heavy (non-hydrogen) atoms. The average Bonchev–Trinajstić information content (AvgIpc) is 2.48. The van der Waals surface area contributed by atoms with Crippen LogP contribution in [0.2, 0.25) is 0 Å². The van der Waals surface area contributed by atoms with E-state index >= 15 is 0 Å². The first-order valence-corrected chi connectivity index (χ1v) is 6.72. The summed E-state index contributed by atoms with van der Waals surface area (Å²) >= 11 is 0. The first-order valence-electron chi connectivity index (χ1n) is 6.72. The summed E-state index contributed by atoms with van der Waals surface area (Å²) in [5, 5.41) is 3.65. The molecule has 0 spiro atoms. The summed E-state index contributed by atoms with van der Waals surface area (Å²) < 4.78 is 0. The van der Waals surface area contributed by atoms with E-state index in [4.69, 9.17) is 5.53 Å². The molecule has 0 heterocycles. The number of azide groups is 1. The topological polar surface area (TPSA) is 52.0 Å². The molecule has 2 aromatic carbocycles. The molecule has 0 saturated carbocycles. The van der Waals surface area contributed by atoms with Gasteiger partial charge in [0.1, 0.15) is 0 Å². The normalized spacial score (nSPS) is 10.3. The highest BCUT2D eigenvalue weighted by molar-refractivity contribution is 5.39. The van der Waals surface area contributed by atoms with Gasteiger partial charge in [-0.05, 0) is 29.3 Å². The second kappa shape index (κ2) is 7.34. The maximum absolute atomic E-state index is 8.48. The molecule has 102 valence electrons. The summed E-state index contributed by atoms with van der Waals surface area (Å²) in [6.45, 7) is 4.89. The summed E-state index contributed by atoms with van der Waals surface area (Å²) in [5.74, 6) is 0. The SMILES string of the molecule is CCN(Cc1ccccc1)Cc1cccc(N=[N+]=[N-])c1. The van der Waals surface area contributed by atoms with Crippen molar-refractivity contribution in [3.8, 4) is 0 Å². The minimum atomic E-state index is 0.667. The van der Waals surface area contributed by atoms with Gasteiger partial charge in [-0.2, -0.15) is 0 Å². The predicted octanol–water partition coefficient (Wildman–Crippen LogP) is 4.65. The van der Waals surface area contributed by atoms with Crippen LogP contribution in [0.15, 0.2) is 59.7 Å². The highest BCUT2D eigenvalue weighted by Gasteiger charge is 2.05. The van der Waals surface area contributed by atoms with Gasteiger partial charge in [0.2, 0.25) is 0 Å². The third-order valence-electron chi connectivity index (χ3n) is 3.17. The minimum Gasteiger partial charge on any atom is -0.295 e. The Hall–Kier alpha value is -2.29. The first kappa shape index (κ1) is 14.1. The molecule has 2 rings (SSSR count). The Kier molecular flexibility index (Phi) is 5.18. The van der Waals surface area contributed by atoms with E-state index in [1.165, 1.54) is 5.56 Å². The van der Waals surface area contributed by atoms with Crippen molar-refractivity contribution in [2.75, 3.05) is 6.54 Å². The lowest BCUT2D eigenvalue weighted by atomic mass is 10.1. The smallest absolute Gasteiger partial charge is 0.0378 e. The second-order valence-electron chi connectivity index (χ2n) is 4.65. The van der Waals surface area contributed by atoms with E-state index in [9.17, 15) is 0 Å². The van der Waals surface area contributed by atoms with E-state index in [0.717, 1.165) is 25.2 Å². The van der Waals surface area contributed by atoms with Crippen LogP contribution in [0.1, 0.15) is 18.1 Å². The van der Waals surface area contributed by atoms with Gasteiger partial charge in [-0.25, -0.2) is 0 Å². The molecule has 0 saturated heterocycles. The molecule has 0 N–H and O–H groups in total. The molecule has 0 aromatic heterocycles. The Bertz CT molecular complexity index is 588. The number of rotatable bonds is 6. The molecular formula is C16H18N4. The Morgan fingerprint density at radius 3 is 2.40 bits per heavy atom. The van der Waals surface area contributed by atoms with Gasteiger partial charge in [0.05, 0.1) is 0 Å². The lowest BCUT2D eigenvalue weighted by Crippen LogP contribution is -2.22. The third-order valence-corrected chi connectivity index (χ3v) is 3.17. The minimum absolute atomic E-state index is 0.667. The van der Waals surface area contributed by atoms with Crippen molar-refractivity contribution in [1.29, 1.82) is 0 Å². The molecule has 0 radical (unpaired) electrons. The molecule has 0 unspecified atom stereocenters. The monoisotopic (exact) mass is 266 g/mol. The van der Waals surface area contributed by atoms with Crippen molar-refractivity contribution >= 4 is 5.69 Å². The molecule has 0 atom stereocenters. The fraction of sp³-hybridized carbons (Fsp3) is 0.250. The first-order chi connectivity index (χ1) is 9.81. The van der Waals surface area contributed by atoms with Crippen LogP contribution in [0.3, 0.4) is 0 Å². The lowest BCUT2D eigenvalue weighted by molar-refractivity contribution is 0.271. The number of benzene rings is 2. The van der Waals surface area contributed by atoms with E-state index in [1.54, 1.807) is 0 Å². The van der Waals surface area contributed by atoms with Crippen LogP contribution >= 0.6 is 0 Å². The van der Waals surface area contributed by atoms with Crippen molar-refractivity contribution in [1.82, 2.24) is 4.90 Å². The molecule has 0 aliphatic carbocycles. The second-order valence-corrected chi connectivity index (χ2v) is 4.65. The van der Waals surface area contributed by atoms with Crippen molar-refractivity contribution in [3.63, 3.8) is 0 Å². The predicted molar refractivity (Wildman–Crippen MR) is 81.5 cm³/mol. The molecule has 4 nitrogen and oxygen atoms in total. The van der Waals surface area contributed by atoms with Crippen molar-refractivity contribution in [2.45, 2.75) is 20.0 Å². The van der Waals surface area contributed by atoms with Gasteiger partial charge < -0.3 is 0 Å². The number of nitrogens with zero attached hydrogens (tertiary/aromatic N) is 4. The molecule has 0 aliphatic rings. The zero-order valence-electron chi connectivity index (χ0n) is 11.6. The van der Waals surface area contributed by atoms with Crippen LogP contribution < -0.4 is 0 Å². The lowest BCUT2D eigenvalue weighted by Gasteiger charge is -2.20. The molecule has 4 heteroatoms.